The Balaban J connectivity index is 1.68. The summed E-state index contributed by atoms with van der Waals surface area (Å²) in [5.74, 6) is -0.493. The van der Waals surface area contributed by atoms with Crippen molar-refractivity contribution >= 4 is 29.4 Å². The first-order valence-electron chi connectivity index (χ1n) is 13.4. The first kappa shape index (κ1) is 29.4. The number of rotatable bonds is 7. The van der Waals surface area contributed by atoms with Gasteiger partial charge in [-0.3, -0.25) is 14.6 Å². The zero-order chi connectivity index (χ0) is 29.2. The summed E-state index contributed by atoms with van der Waals surface area (Å²) in [6, 6.07) is 13.8. The highest BCUT2D eigenvalue weighted by Crippen LogP contribution is 2.42. The lowest BCUT2D eigenvalue weighted by atomic mass is 9.95. The lowest BCUT2D eigenvalue weighted by Crippen LogP contribution is -2.53. The fourth-order valence-electron chi connectivity index (χ4n) is 5.04. The van der Waals surface area contributed by atoms with Crippen LogP contribution >= 0.6 is 11.6 Å². The topological polar surface area (TPSA) is 50.3 Å². The van der Waals surface area contributed by atoms with E-state index in [0.29, 0.717) is 33.8 Å². The van der Waals surface area contributed by atoms with Crippen LogP contribution in [-0.4, -0.2) is 67.1 Å². The van der Waals surface area contributed by atoms with Gasteiger partial charge in [0, 0.05) is 75.0 Å². The summed E-state index contributed by atoms with van der Waals surface area (Å²) in [7, 11) is 3.69. The van der Waals surface area contributed by atoms with Crippen LogP contribution in [0.1, 0.15) is 26.3 Å². The molecule has 0 aromatic heterocycles. The predicted octanol–water partition coefficient (Wildman–Crippen LogP) is 6.74. The number of amides is 1. The number of phenolic OH excluding ortho intramolecular Hbond substituents is 1. The molecule has 212 valence electrons. The van der Waals surface area contributed by atoms with E-state index in [9.17, 15) is 14.3 Å². The molecule has 1 fully saturated rings. The van der Waals surface area contributed by atoms with Gasteiger partial charge in [0.05, 0.1) is 10.7 Å². The number of halogens is 2. The van der Waals surface area contributed by atoms with E-state index in [1.54, 1.807) is 35.5 Å². The summed E-state index contributed by atoms with van der Waals surface area (Å²) in [6.45, 7) is 12.4. The van der Waals surface area contributed by atoms with Gasteiger partial charge in [-0.2, -0.15) is 0 Å². The normalized spacial score (nSPS) is 14.6. The third-order valence-corrected chi connectivity index (χ3v) is 7.52. The number of aromatic hydroxyl groups is 1. The van der Waals surface area contributed by atoms with E-state index in [4.69, 9.17) is 11.6 Å². The zero-order valence-corrected chi connectivity index (χ0v) is 24.8. The van der Waals surface area contributed by atoms with E-state index in [2.05, 4.69) is 36.6 Å². The zero-order valence-electron chi connectivity index (χ0n) is 24.1. The minimum Gasteiger partial charge on any atom is -0.507 e. The Kier molecular flexibility index (Phi) is 8.76. The maximum Gasteiger partial charge on any atom is 0.218 e. The van der Waals surface area contributed by atoms with Gasteiger partial charge < -0.3 is 14.9 Å². The Bertz CT molecular complexity index is 1410. The van der Waals surface area contributed by atoms with Crippen molar-refractivity contribution in [2.75, 3.05) is 50.1 Å². The van der Waals surface area contributed by atoms with Gasteiger partial charge in [0.15, 0.2) is 0 Å². The molecule has 0 bridgehead atoms. The Hall–Kier alpha value is -3.55. The molecule has 0 radical (unpaired) electrons. The Morgan fingerprint density at radius 1 is 0.925 bits per heavy atom. The average Bonchev–Trinajstić information content (AvgIpc) is 2.90. The molecule has 1 heterocycles. The fourth-order valence-corrected chi connectivity index (χ4v) is 5.32. The molecule has 3 aromatic carbocycles. The number of anilines is 2. The molecule has 0 spiro atoms. The molecule has 6 nitrogen and oxygen atoms in total. The lowest BCUT2D eigenvalue weighted by molar-refractivity contribution is -0.106. The maximum absolute atomic E-state index is 15.0. The van der Waals surface area contributed by atoms with Crippen LogP contribution in [0.3, 0.4) is 0 Å². The number of carbonyl (C=O) groups excluding carboxylic acids is 1. The molecule has 1 aliphatic heterocycles. The largest absolute Gasteiger partial charge is 0.507 e. The smallest absolute Gasteiger partial charge is 0.218 e. The molecule has 40 heavy (non-hydrogen) atoms. The fraction of sp³-hybridized carbons (Fsp3) is 0.344. The molecule has 1 saturated heterocycles. The van der Waals surface area contributed by atoms with E-state index >= 15 is 0 Å². The number of hydrogen-bond acceptors (Lipinski definition) is 5. The summed E-state index contributed by atoms with van der Waals surface area (Å²) in [6.07, 6.45) is 3.99. The molecular formula is C32H38ClFN4O2. The number of aryl methyl sites for hydroxylation is 1. The van der Waals surface area contributed by atoms with Crippen molar-refractivity contribution < 1.29 is 14.3 Å². The van der Waals surface area contributed by atoms with Crippen molar-refractivity contribution in [2.45, 2.75) is 33.2 Å². The van der Waals surface area contributed by atoms with Crippen molar-refractivity contribution in [1.29, 1.82) is 0 Å². The molecule has 8 heteroatoms. The molecule has 0 saturated carbocycles. The second-order valence-electron chi connectivity index (χ2n) is 11.5. The molecule has 1 N–H and O–H groups in total. The second kappa shape index (κ2) is 11.9. The summed E-state index contributed by atoms with van der Waals surface area (Å²) in [5, 5.41) is 11.7. The highest BCUT2D eigenvalue weighted by Gasteiger charge is 2.26. The Labute approximate surface area is 241 Å². The van der Waals surface area contributed by atoms with E-state index < -0.39 is 5.82 Å². The van der Waals surface area contributed by atoms with Crippen LogP contribution in [0.15, 0.2) is 60.9 Å². The van der Waals surface area contributed by atoms with E-state index in [1.165, 1.54) is 17.0 Å². The van der Waals surface area contributed by atoms with Crippen LogP contribution in [0.2, 0.25) is 5.02 Å². The maximum atomic E-state index is 15.0. The van der Waals surface area contributed by atoms with Crippen molar-refractivity contribution in [3.63, 3.8) is 0 Å². The Morgan fingerprint density at radius 3 is 2.15 bits per heavy atom. The number of carbonyl (C=O) groups is 1. The number of phenols is 1. The third-order valence-electron chi connectivity index (χ3n) is 7.22. The van der Waals surface area contributed by atoms with Gasteiger partial charge in [-0.25, -0.2) is 4.39 Å². The van der Waals surface area contributed by atoms with Gasteiger partial charge in [-0.05, 0) is 80.8 Å². The van der Waals surface area contributed by atoms with Crippen LogP contribution in [0.5, 0.6) is 5.75 Å². The van der Waals surface area contributed by atoms with Crippen molar-refractivity contribution in [3.05, 3.63) is 77.3 Å². The van der Waals surface area contributed by atoms with E-state index in [1.807, 2.05) is 33.2 Å². The van der Waals surface area contributed by atoms with Gasteiger partial charge in [0.2, 0.25) is 6.41 Å². The lowest BCUT2D eigenvalue weighted by Gasteiger charge is -2.43. The van der Waals surface area contributed by atoms with Gasteiger partial charge >= 0.3 is 0 Å². The third kappa shape index (κ3) is 6.60. The standard InChI is InChI=1S/C32H38ClFN4O2/c1-22-15-24(17-26(16-22)36-11-13-38(14-12-36)32(2,3)4)28-20-25(34)19-27(31(28)40)23-7-8-30(29(33)18-23)37(21-39)10-9-35(5)6/h7-10,15-21,40H,11-14H2,1-6H3/b10-9-. The number of piperazine rings is 1. The van der Waals surface area contributed by atoms with Crippen molar-refractivity contribution in [3.8, 4) is 28.0 Å². The van der Waals surface area contributed by atoms with Crippen LogP contribution in [0, 0.1) is 12.7 Å². The summed E-state index contributed by atoms with van der Waals surface area (Å²) in [4.78, 5) is 19.6. The summed E-state index contributed by atoms with van der Waals surface area (Å²) < 4.78 is 15.0. The second-order valence-corrected chi connectivity index (χ2v) is 11.9. The molecule has 0 unspecified atom stereocenters. The van der Waals surface area contributed by atoms with Crippen molar-refractivity contribution in [2.24, 2.45) is 0 Å². The van der Waals surface area contributed by atoms with Crippen LogP contribution in [-0.2, 0) is 4.79 Å². The van der Waals surface area contributed by atoms with Crippen LogP contribution in [0.25, 0.3) is 22.3 Å². The van der Waals surface area contributed by atoms with Gasteiger partial charge in [0.1, 0.15) is 11.6 Å². The minimum absolute atomic E-state index is 0.0286. The monoisotopic (exact) mass is 564 g/mol. The van der Waals surface area contributed by atoms with E-state index in [-0.39, 0.29) is 11.3 Å². The molecule has 0 atom stereocenters. The molecular weight excluding hydrogens is 527 g/mol. The SMILES string of the molecule is Cc1cc(-c2cc(F)cc(-c3ccc(N(C=O)/C=C\N(C)C)c(Cl)c3)c2O)cc(N2CCN(C(C)(C)C)CC2)c1. The minimum atomic E-state index is -0.465. The van der Waals surface area contributed by atoms with Gasteiger partial charge in [-0.1, -0.05) is 23.7 Å². The average molecular weight is 565 g/mol. The molecule has 1 aliphatic rings. The van der Waals surface area contributed by atoms with Gasteiger partial charge in [-0.15, -0.1) is 0 Å². The van der Waals surface area contributed by atoms with Gasteiger partial charge in [0.25, 0.3) is 0 Å². The first-order chi connectivity index (χ1) is 18.9. The first-order valence-corrected chi connectivity index (χ1v) is 13.8. The molecule has 1 amide bonds. The van der Waals surface area contributed by atoms with Crippen LogP contribution < -0.4 is 9.80 Å². The van der Waals surface area contributed by atoms with Crippen molar-refractivity contribution in [1.82, 2.24) is 9.80 Å². The Morgan fingerprint density at radius 2 is 1.57 bits per heavy atom. The number of nitrogens with zero attached hydrogens (tertiary/aromatic N) is 4. The number of hydrogen-bond donors (Lipinski definition) is 1. The highest BCUT2D eigenvalue weighted by molar-refractivity contribution is 6.34. The summed E-state index contributed by atoms with van der Waals surface area (Å²) >= 11 is 6.55. The summed E-state index contributed by atoms with van der Waals surface area (Å²) in [5.41, 5.74) is 4.72. The molecule has 3 aromatic rings. The molecule has 0 aliphatic carbocycles. The highest BCUT2D eigenvalue weighted by atomic mass is 35.5. The quantitative estimate of drug-likeness (QED) is 0.322. The predicted molar refractivity (Wildman–Crippen MR) is 164 cm³/mol. The van der Waals surface area contributed by atoms with E-state index in [0.717, 1.165) is 43.0 Å². The van der Waals surface area contributed by atoms with Crippen LogP contribution in [0.4, 0.5) is 15.8 Å². The molecule has 4 rings (SSSR count). The number of benzene rings is 3.